The average molecular weight is 378 g/mol. The number of anilines is 1. The molecule has 19 heavy (non-hydrogen) atoms. The predicted molar refractivity (Wildman–Crippen MR) is 77.9 cm³/mol. The molecule has 1 aromatic rings. The molecule has 4 N–H and O–H groups in total. The molecule has 1 heterocycles. The van der Waals surface area contributed by atoms with Gasteiger partial charge in [-0.3, -0.25) is 8.32 Å². The maximum atomic E-state index is 11.8. The first-order chi connectivity index (χ1) is 9.04. The smallest absolute Gasteiger partial charge is 0.224 e. The van der Waals surface area contributed by atoms with E-state index in [4.69, 9.17) is 10.4 Å². The zero-order chi connectivity index (χ0) is 14.0. The van der Waals surface area contributed by atoms with E-state index in [0.29, 0.717) is 5.69 Å². The van der Waals surface area contributed by atoms with Gasteiger partial charge in [-0.05, 0) is 29.7 Å². The van der Waals surface area contributed by atoms with Gasteiger partial charge in [0.1, 0.15) is 0 Å². The van der Waals surface area contributed by atoms with Crippen molar-refractivity contribution in [3.05, 3.63) is 23.8 Å². The molecule has 2 rings (SSSR count). The van der Waals surface area contributed by atoms with Crippen LogP contribution in [-0.4, -0.2) is 28.9 Å². The summed E-state index contributed by atoms with van der Waals surface area (Å²) in [5.41, 5.74) is 2.23. The van der Waals surface area contributed by atoms with Gasteiger partial charge < -0.3 is 4.90 Å². The number of hydrogen-bond acceptors (Lipinski definition) is 4. The Kier molecular flexibility index (Phi) is 4.74. The first kappa shape index (κ1) is 14.7. The Bertz CT molecular complexity index is 481. The first-order valence-corrected chi connectivity index (χ1v) is 7.14. The lowest BCUT2D eigenvalue weighted by Gasteiger charge is -2.24. The Morgan fingerprint density at radius 2 is 2.32 bits per heavy atom. The van der Waals surface area contributed by atoms with E-state index in [9.17, 15) is 4.79 Å². The minimum absolute atomic E-state index is 0.0159. The monoisotopic (exact) mass is 378 g/mol. The van der Waals surface area contributed by atoms with Crippen molar-refractivity contribution in [1.29, 1.82) is 0 Å². The fourth-order valence-electron chi connectivity index (χ4n) is 2.54. The van der Waals surface area contributed by atoms with Crippen molar-refractivity contribution in [2.45, 2.75) is 25.8 Å². The number of halogens is 1. The maximum absolute atomic E-state index is 11.8. The largest absolute Gasteiger partial charge is 0.309 e. The number of nitrogens with one attached hydrogen (secondary N) is 2. The lowest BCUT2D eigenvalue weighted by atomic mass is 10.1. The highest BCUT2D eigenvalue weighted by molar-refractivity contribution is 14.1. The van der Waals surface area contributed by atoms with E-state index < -0.39 is 5.23 Å². The van der Waals surface area contributed by atoms with Crippen LogP contribution in [0.2, 0.25) is 0 Å². The maximum Gasteiger partial charge on any atom is 0.224 e. The van der Waals surface area contributed by atoms with E-state index in [1.165, 1.54) is 0 Å². The molecule has 0 aromatic heterocycles. The highest BCUT2D eigenvalue weighted by atomic mass is 127. The lowest BCUT2D eigenvalue weighted by molar-refractivity contribution is -1.19. The third-order valence-corrected chi connectivity index (χ3v) is 3.87. The van der Waals surface area contributed by atoms with Gasteiger partial charge in [-0.1, -0.05) is 0 Å². The zero-order valence-electron chi connectivity index (χ0n) is 10.6. The van der Waals surface area contributed by atoms with Gasteiger partial charge in [-0.15, -0.1) is 0 Å². The molecule has 1 aliphatic heterocycles. The number of rotatable bonds is 4. The molecule has 0 saturated heterocycles. The Balaban J connectivity index is 2.29. The third kappa shape index (κ3) is 3.06. The summed E-state index contributed by atoms with van der Waals surface area (Å²) in [5.74, 6) is 0.0159. The second kappa shape index (κ2) is 6.14. The van der Waals surface area contributed by atoms with Crippen LogP contribution >= 0.6 is 22.9 Å². The second-order valence-electron chi connectivity index (χ2n) is 4.59. The number of nitrogens with zero attached hydrogens (tertiary/aromatic N) is 1. The molecular weight excluding hydrogens is 361 g/mol. The number of benzene rings is 1. The molecule has 1 aromatic carbocycles. The summed E-state index contributed by atoms with van der Waals surface area (Å²) in [6, 6.07) is 5.25. The summed E-state index contributed by atoms with van der Waals surface area (Å²) >= 11 is 2.09. The van der Waals surface area contributed by atoms with Gasteiger partial charge in [0, 0.05) is 60.2 Å². The number of fused-ring (bicyclic) bond motifs is 1. The summed E-state index contributed by atoms with van der Waals surface area (Å²) in [6.45, 7) is 2.39. The molecule has 104 valence electrons. The first-order valence-electron chi connectivity index (χ1n) is 6.06. The van der Waals surface area contributed by atoms with Crippen molar-refractivity contribution in [3.63, 3.8) is 0 Å². The zero-order valence-corrected chi connectivity index (χ0v) is 12.7. The van der Waals surface area contributed by atoms with Crippen molar-refractivity contribution in [3.8, 4) is 0 Å². The predicted octanol–water partition coefficient (Wildman–Crippen LogP) is 0.589. The van der Waals surface area contributed by atoms with Gasteiger partial charge in [0.05, 0.1) is 0 Å². The molecule has 7 heteroatoms. The van der Waals surface area contributed by atoms with Gasteiger partial charge in [0.2, 0.25) is 5.91 Å². The van der Waals surface area contributed by atoms with E-state index in [1.54, 1.807) is 30.0 Å². The second-order valence-corrected chi connectivity index (χ2v) is 5.35. The van der Waals surface area contributed by atoms with Crippen LogP contribution in [0.1, 0.15) is 18.9 Å². The van der Waals surface area contributed by atoms with E-state index in [0.717, 1.165) is 30.6 Å². The fourth-order valence-corrected chi connectivity index (χ4v) is 2.86. The summed E-state index contributed by atoms with van der Waals surface area (Å²) in [6.07, 6.45) is 1.61. The van der Waals surface area contributed by atoms with Gasteiger partial charge in [-0.25, -0.2) is 0 Å². The molecule has 1 amide bonds. The molecule has 0 radical (unpaired) electrons. The third-order valence-electron chi connectivity index (χ3n) is 3.33. The Morgan fingerprint density at radius 3 is 2.89 bits per heavy atom. The van der Waals surface area contributed by atoms with Gasteiger partial charge in [-0.2, -0.15) is 10.4 Å². The Morgan fingerprint density at radius 1 is 1.58 bits per heavy atom. The molecule has 1 aliphatic rings. The van der Waals surface area contributed by atoms with Crippen LogP contribution in [0.5, 0.6) is 0 Å². The fraction of sp³-hybridized carbons (Fsp3) is 0.417. The van der Waals surface area contributed by atoms with Crippen LogP contribution < -0.4 is 13.7 Å². The van der Waals surface area contributed by atoms with E-state index in [1.807, 2.05) is 0 Å². The molecule has 0 bridgehead atoms. The van der Waals surface area contributed by atoms with Crippen LogP contribution in [0.3, 0.4) is 0 Å². The van der Waals surface area contributed by atoms with E-state index in [2.05, 4.69) is 26.4 Å². The van der Waals surface area contributed by atoms with E-state index in [-0.39, 0.29) is 11.9 Å². The minimum Gasteiger partial charge on any atom is -0.309 e. The van der Waals surface area contributed by atoms with Crippen LogP contribution in [-0.2, 0) is 11.2 Å². The number of amides is 1. The molecule has 0 aliphatic carbocycles. The van der Waals surface area contributed by atoms with Gasteiger partial charge >= 0.3 is 0 Å². The van der Waals surface area contributed by atoms with Gasteiger partial charge in [0.25, 0.3) is 0 Å². The number of carbonyl (C=O) groups is 1. The van der Waals surface area contributed by atoms with Crippen molar-refractivity contribution >= 4 is 40.1 Å². The van der Waals surface area contributed by atoms with E-state index >= 15 is 0 Å². The summed E-state index contributed by atoms with van der Waals surface area (Å²) in [7, 11) is 0. The molecular formula is C12H17IN3O3+. The van der Waals surface area contributed by atoms with Crippen molar-refractivity contribution in [2.75, 3.05) is 11.4 Å². The highest BCUT2D eigenvalue weighted by Crippen LogP contribution is 2.34. The van der Waals surface area contributed by atoms with Crippen LogP contribution in [0.15, 0.2) is 18.2 Å². The SMILES string of the molecule is CC(=O)N1c2ccc([NH+](O)O)cc2CC1CCNI. The summed E-state index contributed by atoms with van der Waals surface area (Å²) < 4.78 is 3.06. The normalized spacial score (nSPS) is 17.9. The molecule has 1 unspecified atom stereocenters. The van der Waals surface area contributed by atoms with Crippen molar-refractivity contribution < 1.29 is 20.4 Å². The Hall–Kier alpha value is -0.740. The van der Waals surface area contributed by atoms with Crippen molar-refractivity contribution in [2.24, 2.45) is 0 Å². The Labute approximate surface area is 125 Å². The molecule has 0 saturated carbocycles. The van der Waals surface area contributed by atoms with Crippen LogP contribution in [0, 0.1) is 0 Å². The molecule has 0 fully saturated rings. The molecule has 0 spiro atoms. The number of quaternary nitrogens is 1. The minimum atomic E-state index is -0.686. The number of hydrogen-bond donors (Lipinski definition) is 4. The molecule has 1 atom stereocenters. The van der Waals surface area contributed by atoms with Crippen LogP contribution in [0.4, 0.5) is 11.4 Å². The summed E-state index contributed by atoms with van der Waals surface area (Å²) in [4.78, 5) is 13.6. The number of carbonyl (C=O) groups excluding carboxylic acids is 1. The highest BCUT2D eigenvalue weighted by Gasteiger charge is 2.32. The molecule has 6 nitrogen and oxygen atoms in total. The topological polar surface area (TPSA) is 77.2 Å². The average Bonchev–Trinajstić information content (AvgIpc) is 2.73. The standard InChI is InChI=1S/C12H16IN3O3/c1-8(17)15-10(4-5-14-13)6-9-7-11(16(18)19)2-3-12(9)15/h2-3,7,10,14,18-19H,4-6H2,1H3/p+1. The van der Waals surface area contributed by atoms with Crippen LogP contribution in [0.25, 0.3) is 0 Å². The summed E-state index contributed by atoms with van der Waals surface area (Å²) in [5, 5.41) is 17.6. The lowest BCUT2D eigenvalue weighted by Crippen LogP contribution is -3.01. The van der Waals surface area contributed by atoms with Gasteiger partial charge in [0.15, 0.2) is 5.69 Å². The van der Waals surface area contributed by atoms with Crippen molar-refractivity contribution in [1.82, 2.24) is 3.53 Å². The quantitative estimate of drug-likeness (QED) is 0.352.